The third-order valence-corrected chi connectivity index (χ3v) is 6.37. The molecule has 126 valence electrons. The van der Waals surface area contributed by atoms with E-state index in [1.807, 2.05) is 0 Å². The molecule has 0 radical (unpaired) electrons. The molecule has 1 heterocycles. The summed E-state index contributed by atoms with van der Waals surface area (Å²) in [4.78, 5) is -0.215. The highest BCUT2D eigenvalue weighted by molar-refractivity contribution is 7.91. The molecule has 0 aliphatic carbocycles. The number of sulfone groups is 1. The van der Waals surface area contributed by atoms with Gasteiger partial charge in [-0.1, -0.05) is 0 Å². The first-order valence-corrected chi connectivity index (χ1v) is 9.63. The molecule has 1 aliphatic rings. The summed E-state index contributed by atoms with van der Waals surface area (Å²) in [7, 11) is -6.00. The summed E-state index contributed by atoms with van der Waals surface area (Å²) in [6.45, 7) is 0.532. The van der Waals surface area contributed by atoms with Crippen molar-refractivity contribution in [2.75, 3.05) is 26.5 Å². The van der Waals surface area contributed by atoms with Gasteiger partial charge in [-0.05, 0) is 24.6 Å². The van der Waals surface area contributed by atoms with Gasteiger partial charge in [-0.25, -0.2) is 16.8 Å². The number of hydrogen-bond donors (Lipinski definition) is 1. The van der Waals surface area contributed by atoms with Gasteiger partial charge < -0.3 is 10.5 Å². The van der Waals surface area contributed by atoms with Crippen LogP contribution >= 0.6 is 12.4 Å². The molecule has 2 N–H and O–H groups in total. The molecule has 0 aromatic heterocycles. The van der Waals surface area contributed by atoms with Crippen LogP contribution in [0.3, 0.4) is 0 Å². The Labute approximate surface area is 136 Å². The van der Waals surface area contributed by atoms with E-state index in [1.165, 1.54) is 23.5 Å². The van der Waals surface area contributed by atoms with Crippen molar-refractivity contribution in [1.82, 2.24) is 4.31 Å². The molecule has 22 heavy (non-hydrogen) atoms. The Kier molecular flexibility index (Phi) is 5.85. The number of rotatable bonds is 4. The second kappa shape index (κ2) is 6.71. The first-order valence-electron chi connectivity index (χ1n) is 6.30. The van der Waals surface area contributed by atoms with Crippen LogP contribution < -0.4 is 10.5 Å². The van der Waals surface area contributed by atoms with Crippen molar-refractivity contribution in [2.45, 2.75) is 22.3 Å². The third kappa shape index (κ3) is 3.72. The van der Waals surface area contributed by atoms with Crippen LogP contribution in [-0.2, 0) is 19.9 Å². The number of halogens is 1. The maximum absolute atomic E-state index is 12.6. The second-order valence-electron chi connectivity index (χ2n) is 5.00. The molecule has 0 bridgehead atoms. The molecular weight excluding hydrogens is 352 g/mol. The summed E-state index contributed by atoms with van der Waals surface area (Å²) < 4.78 is 54.8. The lowest BCUT2D eigenvalue weighted by molar-refractivity contribution is 0.397. The van der Waals surface area contributed by atoms with Crippen LogP contribution in [-0.4, -0.2) is 53.6 Å². The summed E-state index contributed by atoms with van der Waals surface area (Å²) in [6, 6.07) is 3.60. The average Bonchev–Trinajstić information content (AvgIpc) is 2.84. The van der Waals surface area contributed by atoms with Crippen LogP contribution in [0.5, 0.6) is 5.75 Å². The Bertz CT molecular complexity index is 749. The fourth-order valence-corrected chi connectivity index (χ4v) is 4.62. The lowest BCUT2D eigenvalue weighted by Crippen LogP contribution is -2.32. The van der Waals surface area contributed by atoms with Gasteiger partial charge in [-0.3, -0.25) is 0 Å². The maximum atomic E-state index is 12.6. The number of nitrogens with two attached hydrogens (primary N) is 1. The molecule has 0 saturated carbocycles. The second-order valence-corrected chi connectivity index (χ2v) is 8.92. The quantitative estimate of drug-likeness (QED) is 0.813. The predicted molar refractivity (Wildman–Crippen MR) is 84.7 cm³/mol. The van der Waals surface area contributed by atoms with E-state index in [2.05, 4.69) is 0 Å². The fourth-order valence-electron chi connectivity index (χ4n) is 2.20. The zero-order chi connectivity index (χ0) is 15.8. The first-order chi connectivity index (χ1) is 9.66. The zero-order valence-electron chi connectivity index (χ0n) is 12.2. The van der Waals surface area contributed by atoms with Crippen molar-refractivity contribution >= 4 is 32.3 Å². The number of nitrogens with zero attached hydrogens (tertiary/aromatic N) is 1. The van der Waals surface area contributed by atoms with Crippen molar-refractivity contribution in [1.29, 1.82) is 0 Å². The van der Waals surface area contributed by atoms with Gasteiger partial charge in [0.2, 0.25) is 10.0 Å². The van der Waals surface area contributed by atoms with Crippen molar-refractivity contribution in [2.24, 2.45) is 5.73 Å². The normalized spacial score (nSPS) is 19.7. The zero-order valence-corrected chi connectivity index (χ0v) is 14.7. The molecule has 1 unspecified atom stereocenters. The minimum absolute atomic E-state index is 0. The van der Waals surface area contributed by atoms with E-state index in [0.29, 0.717) is 13.0 Å². The van der Waals surface area contributed by atoms with Crippen molar-refractivity contribution in [3.8, 4) is 5.75 Å². The minimum atomic E-state index is -3.83. The van der Waals surface area contributed by atoms with Gasteiger partial charge in [0, 0.05) is 25.4 Å². The fraction of sp³-hybridized carbons (Fsp3) is 0.500. The minimum Gasteiger partial charge on any atom is -0.495 e. The molecule has 1 aromatic rings. The standard InChI is InChI=1S/C12H18N2O5S2.ClH/c1-19-11-4-3-10(20(2,15)16)7-12(11)21(17,18)14-6-5-9(13)8-14;/h3-4,7,9H,5-6,8,13H2,1-2H3;1H. The number of sulfonamides is 1. The Hall–Kier alpha value is -0.870. The van der Waals surface area contributed by atoms with Gasteiger partial charge in [-0.15, -0.1) is 12.4 Å². The van der Waals surface area contributed by atoms with Gasteiger partial charge in [0.15, 0.2) is 9.84 Å². The summed E-state index contributed by atoms with van der Waals surface area (Å²) in [5, 5.41) is 0. The van der Waals surface area contributed by atoms with Crippen LogP contribution in [0.1, 0.15) is 6.42 Å². The summed E-state index contributed by atoms with van der Waals surface area (Å²) in [5.74, 6) is 0.114. The molecular formula is C12H19ClN2O5S2. The first kappa shape index (κ1) is 19.2. The molecule has 1 aromatic carbocycles. The number of hydrogen-bond acceptors (Lipinski definition) is 6. The average molecular weight is 371 g/mol. The Balaban J connectivity index is 0.00000242. The molecule has 10 heteroatoms. The number of ether oxygens (including phenoxy) is 1. The van der Waals surface area contributed by atoms with Crippen molar-refractivity contribution in [3.63, 3.8) is 0 Å². The molecule has 1 atom stereocenters. The van der Waals surface area contributed by atoms with E-state index in [-0.39, 0.29) is 40.5 Å². The van der Waals surface area contributed by atoms with Crippen LogP contribution in [0, 0.1) is 0 Å². The molecule has 1 fully saturated rings. The van der Waals surface area contributed by atoms with Gasteiger partial charge in [0.1, 0.15) is 10.6 Å². The highest BCUT2D eigenvalue weighted by Gasteiger charge is 2.33. The maximum Gasteiger partial charge on any atom is 0.246 e. The topological polar surface area (TPSA) is 107 Å². The SMILES string of the molecule is COc1ccc(S(C)(=O)=O)cc1S(=O)(=O)N1CCC(N)C1.Cl. The van der Waals surface area contributed by atoms with E-state index < -0.39 is 19.9 Å². The lowest BCUT2D eigenvalue weighted by Gasteiger charge is -2.18. The monoisotopic (exact) mass is 370 g/mol. The van der Waals surface area contributed by atoms with Crippen LogP contribution in [0.4, 0.5) is 0 Å². The van der Waals surface area contributed by atoms with Gasteiger partial charge >= 0.3 is 0 Å². The molecule has 1 aliphatic heterocycles. The number of methoxy groups -OCH3 is 1. The van der Waals surface area contributed by atoms with Crippen molar-refractivity contribution < 1.29 is 21.6 Å². The van der Waals surface area contributed by atoms with Crippen LogP contribution in [0.2, 0.25) is 0 Å². The molecule has 1 saturated heterocycles. The Morgan fingerprint density at radius 2 is 1.91 bits per heavy atom. The lowest BCUT2D eigenvalue weighted by atomic mass is 10.3. The van der Waals surface area contributed by atoms with E-state index in [0.717, 1.165) is 12.3 Å². The molecule has 0 spiro atoms. The highest BCUT2D eigenvalue weighted by Crippen LogP contribution is 2.30. The van der Waals surface area contributed by atoms with E-state index in [1.54, 1.807) is 0 Å². The van der Waals surface area contributed by atoms with Crippen LogP contribution in [0.25, 0.3) is 0 Å². The Morgan fingerprint density at radius 1 is 1.27 bits per heavy atom. The molecule has 2 rings (SSSR count). The van der Waals surface area contributed by atoms with Crippen LogP contribution in [0.15, 0.2) is 28.0 Å². The summed E-state index contributed by atoms with van der Waals surface area (Å²) >= 11 is 0. The smallest absolute Gasteiger partial charge is 0.246 e. The van der Waals surface area contributed by atoms with Crippen molar-refractivity contribution in [3.05, 3.63) is 18.2 Å². The summed E-state index contributed by atoms with van der Waals surface area (Å²) in [5.41, 5.74) is 5.74. The van der Waals surface area contributed by atoms with Gasteiger partial charge in [0.25, 0.3) is 0 Å². The van der Waals surface area contributed by atoms with E-state index in [4.69, 9.17) is 10.5 Å². The van der Waals surface area contributed by atoms with Gasteiger partial charge in [-0.2, -0.15) is 4.31 Å². The summed E-state index contributed by atoms with van der Waals surface area (Å²) in [6.07, 6.45) is 1.60. The van der Waals surface area contributed by atoms with Gasteiger partial charge in [0.05, 0.1) is 12.0 Å². The van der Waals surface area contributed by atoms with E-state index >= 15 is 0 Å². The Morgan fingerprint density at radius 3 is 2.36 bits per heavy atom. The molecule has 0 amide bonds. The molecule has 7 nitrogen and oxygen atoms in total. The highest BCUT2D eigenvalue weighted by atomic mass is 35.5. The predicted octanol–water partition coefficient (Wildman–Crippen LogP) is 0.242. The van der Waals surface area contributed by atoms with E-state index in [9.17, 15) is 16.8 Å². The largest absolute Gasteiger partial charge is 0.495 e. The number of benzene rings is 1. The third-order valence-electron chi connectivity index (χ3n) is 3.37.